The summed E-state index contributed by atoms with van der Waals surface area (Å²) in [5, 5.41) is 0. The molecule has 2 saturated heterocycles. The van der Waals surface area contributed by atoms with Gasteiger partial charge in [0.1, 0.15) is 0 Å². The van der Waals surface area contributed by atoms with Crippen molar-refractivity contribution in [3.8, 4) is 0 Å². The van der Waals surface area contributed by atoms with Crippen molar-refractivity contribution in [2.24, 2.45) is 0 Å². The number of unbranched alkanes of at least 4 members (excludes halogenated alkanes) is 2. The zero-order chi connectivity index (χ0) is 18.5. The normalized spacial score (nSPS) is 34.5. The predicted molar refractivity (Wildman–Crippen MR) is 96.3 cm³/mol. The number of hydrogen-bond donors (Lipinski definition) is 0. The van der Waals surface area contributed by atoms with E-state index in [-0.39, 0.29) is 18.3 Å². The van der Waals surface area contributed by atoms with Crippen LogP contribution in [-0.4, -0.2) is 36.0 Å². The van der Waals surface area contributed by atoms with Crippen LogP contribution >= 0.6 is 8.25 Å². The number of halogens is 1. The molecule has 2 rings (SSSR count). The fourth-order valence-electron chi connectivity index (χ4n) is 4.12. The van der Waals surface area contributed by atoms with Crippen LogP contribution in [0.3, 0.4) is 0 Å². The summed E-state index contributed by atoms with van der Waals surface area (Å²) in [6.07, 6.45) is 8.63. The number of rotatable bonds is 8. The van der Waals surface area contributed by atoms with Crippen molar-refractivity contribution in [1.29, 1.82) is 0 Å². The molecule has 4 nitrogen and oxygen atoms in total. The first-order valence-electron chi connectivity index (χ1n) is 10.00. The maximum atomic E-state index is 6.22. The van der Waals surface area contributed by atoms with Crippen molar-refractivity contribution in [3.05, 3.63) is 0 Å². The summed E-state index contributed by atoms with van der Waals surface area (Å²) in [6, 6.07) is 0. The first kappa shape index (κ1) is 22.4. The van der Waals surface area contributed by atoms with Gasteiger partial charge in [0.2, 0.25) is 0 Å². The fourth-order valence-corrected chi connectivity index (χ4v) is 8.58. The molecule has 144 valence electrons. The molecule has 0 saturated carbocycles. The molecule has 0 aliphatic carbocycles. The van der Waals surface area contributed by atoms with Gasteiger partial charge in [-0.05, 0) is 0 Å². The molecule has 0 bridgehead atoms. The van der Waals surface area contributed by atoms with E-state index in [0.29, 0.717) is 6.10 Å². The average molecular weight is 564 g/mol. The van der Waals surface area contributed by atoms with E-state index in [1.165, 1.54) is 19.3 Å². The van der Waals surface area contributed by atoms with Crippen molar-refractivity contribution in [2.45, 2.75) is 119 Å². The number of hydrogen-bond acceptors (Lipinski definition) is 4. The Morgan fingerprint density at radius 1 is 0.840 bits per heavy atom. The molecule has 0 unspecified atom stereocenters. The maximum absolute atomic E-state index is 6.22. The van der Waals surface area contributed by atoms with E-state index >= 15 is 0 Å². The van der Waals surface area contributed by atoms with Crippen molar-refractivity contribution >= 4 is 8.25 Å². The van der Waals surface area contributed by atoms with Crippen LogP contribution in [0.1, 0.15) is 79.6 Å². The van der Waals surface area contributed by atoms with Crippen molar-refractivity contribution in [2.75, 3.05) is 0 Å². The molecule has 0 amide bonds. The first-order valence-corrected chi connectivity index (χ1v) is 20.7. The van der Waals surface area contributed by atoms with Crippen LogP contribution in [-0.2, 0) is 42.3 Å². The summed E-state index contributed by atoms with van der Waals surface area (Å²) >= 11 is -1.22. The minimum absolute atomic E-state index is 0.181. The van der Waals surface area contributed by atoms with Crippen LogP contribution in [0.2, 0.25) is 3.93 Å². The average Bonchev–Trinajstić information content (AvgIpc) is 2.44. The molecule has 6 heteroatoms. The van der Waals surface area contributed by atoms with Crippen LogP contribution in [0, 0.1) is 0 Å². The van der Waals surface area contributed by atoms with Crippen molar-refractivity contribution in [3.63, 3.8) is 0 Å². The Hall–Kier alpha value is 1.07. The summed E-state index contributed by atoms with van der Waals surface area (Å²) in [5.41, 5.74) is 0. The summed E-state index contributed by atoms with van der Waals surface area (Å²) in [7, 11) is 6.14. The zero-order valence-electron chi connectivity index (χ0n) is 16.7. The summed E-state index contributed by atoms with van der Waals surface area (Å²) in [6.45, 7) is 10.3. The molecule has 0 aromatic heterocycles. The van der Waals surface area contributed by atoms with E-state index in [2.05, 4.69) is 6.92 Å². The molecule has 4 atom stereocenters. The van der Waals surface area contributed by atoms with Gasteiger partial charge in [-0.15, -0.1) is 0 Å². The van der Waals surface area contributed by atoms with E-state index in [1.807, 2.05) is 27.7 Å². The molecular formula is C19H35ClHgO4. The molecular weight excluding hydrogens is 528 g/mol. The number of ether oxygens (including phenoxy) is 4. The monoisotopic (exact) mass is 564 g/mol. The van der Waals surface area contributed by atoms with Gasteiger partial charge in [-0.1, -0.05) is 6.92 Å². The molecule has 0 N–H and O–H groups in total. The van der Waals surface area contributed by atoms with Gasteiger partial charge >= 0.3 is 163 Å². The molecule has 0 aromatic carbocycles. The molecule has 0 aromatic rings. The van der Waals surface area contributed by atoms with Crippen LogP contribution < -0.4 is 0 Å². The van der Waals surface area contributed by atoms with Crippen LogP contribution in [0.15, 0.2) is 0 Å². The van der Waals surface area contributed by atoms with E-state index < -0.39 is 34.9 Å². The van der Waals surface area contributed by atoms with Crippen molar-refractivity contribution in [1.82, 2.24) is 0 Å². The molecule has 0 radical (unpaired) electrons. The van der Waals surface area contributed by atoms with E-state index in [0.717, 1.165) is 29.6 Å². The SMILES string of the molecule is CCCCC[C@@H]1C[C@H](C[C@@H]2C[C@H]([CH2][Hg][Cl])OC(C)(C)O2)OC(C)(C)O1. The Morgan fingerprint density at radius 3 is 1.92 bits per heavy atom. The summed E-state index contributed by atoms with van der Waals surface area (Å²) in [4.78, 5) is 0. The quantitative estimate of drug-likeness (QED) is 0.292. The van der Waals surface area contributed by atoms with Crippen LogP contribution in [0.5, 0.6) is 0 Å². The van der Waals surface area contributed by atoms with Crippen LogP contribution in [0.4, 0.5) is 0 Å². The Labute approximate surface area is 169 Å². The second kappa shape index (κ2) is 10.0. The predicted octanol–water partition coefficient (Wildman–Crippen LogP) is 5.43. The third-order valence-corrected chi connectivity index (χ3v) is 10.2. The Kier molecular flexibility index (Phi) is 8.96. The topological polar surface area (TPSA) is 36.9 Å². The second-order valence-corrected chi connectivity index (χ2v) is 15.5. The second-order valence-electron chi connectivity index (χ2n) is 8.44. The molecule has 2 aliphatic heterocycles. The van der Waals surface area contributed by atoms with Gasteiger partial charge in [-0.3, -0.25) is 0 Å². The van der Waals surface area contributed by atoms with Gasteiger partial charge in [0.05, 0.1) is 0 Å². The standard InChI is InChI=1S/C19H35O4.ClH.Hg/c1-7-8-9-10-15-12-17(23-19(5,6)21-15)13-16-11-14(2)20-18(3,4)22-16;;/h14-17H,2,7-13H2,1,3-6H3;1H;/q;;+1/p-1/t14-,15+,16-,17+;;/m0../s1. The van der Waals surface area contributed by atoms with Gasteiger partial charge in [0.25, 0.3) is 0 Å². The van der Waals surface area contributed by atoms with Crippen LogP contribution in [0.25, 0.3) is 0 Å². The molecule has 2 heterocycles. The van der Waals surface area contributed by atoms with Gasteiger partial charge < -0.3 is 0 Å². The first-order chi connectivity index (χ1) is 11.7. The van der Waals surface area contributed by atoms with Gasteiger partial charge in [-0.2, -0.15) is 0 Å². The molecule has 2 aliphatic rings. The van der Waals surface area contributed by atoms with Crippen molar-refractivity contribution < 1.29 is 42.3 Å². The third-order valence-electron chi connectivity index (χ3n) is 4.94. The summed E-state index contributed by atoms with van der Waals surface area (Å²) < 4.78 is 25.7. The minimum atomic E-state index is -1.22. The molecule has 25 heavy (non-hydrogen) atoms. The van der Waals surface area contributed by atoms with Gasteiger partial charge in [0, 0.05) is 0 Å². The van der Waals surface area contributed by atoms with E-state index in [9.17, 15) is 0 Å². The molecule has 0 spiro atoms. The third kappa shape index (κ3) is 7.91. The fraction of sp³-hybridized carbons (Fsp3) is 1.00. The Bertz CT molecular complexity index is 405. The van der Waals surface area contributed by atoms with Gasteiger partial charge in [0.15, 0.2) is 0 Å². The van der Waals surface area contributed by atoms with E-state index in [1.54, 1.807) is 0 Å². The Balaban J connectivity index is 1.92. The molecule has 2 fully saturated rings. The van der Waals surface area contributed by atoms with Gasteiger partial charge in [-0.25, -0.2) is 0 Å². The zero-order valence-corrected chi connectivity index (χ0v) is 22.9. The van der Waals surface area contributed by atoms with E-state index in [4.69, 9.17) is 27.2 Å². The summed E-state index contributed by atoms with van der Waals surface area (Å²) in [5.74, 6) is -1.03. The Morgan fingerprint density at radius 2 is 1.36 bits per heavy atom.